The van der Waals surface area contributed by atoms with E-state index < -0.39 is 0 Å². The topological polar surface area (TPSA) is 35.6 Å². The number of amides is 2. The summed E-state index contributed by atoms with van der Waals surface area (Å²) in [4.78, 5) is 16.9. The zero-order valence-electron chi connectivity index (χ0n) is 12.7. The molecule has 2 amide bonds. The van der Waals surface area contributed by atoms with Crippen LogP contribution in [0.25, 0.3) is 0 Å². The molecule has 1 N–H and O–H groups in total. The molecule has 4 nitrogen and oxygen atoms in total. The summed E-state index contributed by atoms with van der Waals surface area (Å²) in [6, 6.07) is 1.05. The lowest BCUT2D eigenvalue weighted by molar-refractivity contribution is 0.117. The molecule has 0 spiro atoms. The summed E-state index contributed by atoms with van der Waals surface area (Å²) < 4.78 is 0. The average Bonchev–Trinajstić information content (AvgIpc) is 2.89. The molecule has 19 heavy (non-hydrogen) atoms. The number of nitrogens with zero attached hydrogens (tertiary/aromatic N) is 2. The van der Waals surface area contributed by atoms with E-state index >= 15 is 0 Å². The van der Waals surface area contributed by atoms with Crippen LogP contribution in [0, 0.1) is 5.92 Å². The number of rotatable bonds is 3. The molecule has 2 aliphatic rings. The van der Waals surface area contributed by atoms with Crippen LogP contribution in [0.3, 0.4) is 0 Å². The van der Waals surface area contributed by atoms with Crippen molar-refractivity contribution in [2.24, 2.45) is 5.92 Å². The molecular weight excluding hydrogens is 238 g/mol. The third kappa shape index (κ3) is 3.22. The molecule has 2 saturated heterocycles. The molecule has 0 saturated carbocycles. The Kier molecular flexibility index (Phi) is 5.08. The second kappa shape index (κ2) is 6.60. The fourth-order valence-electron chi connectivity index (χ4n) is 3.64. The van der Waals surface area contributed by atoms with E-state index in [1.54, 1.807) is 0 Å². The van der Waals surface area contributed by atoms with E-state index in [4.69, 9.17) is 0 Å². The van der Waals surface area contributed by atoms with Crippen molar-refractivity contribution >= 4 is 6.03 Å². The van der Waals surface area contributed by atoms with Crippen molar-refractivity contribution in [1.29, 1.82) is 0 Å². The molecule has 0 aromatic rings. The minimum Gasteiger partial charge on any atom is -0.323 e. The zero-order valence-corrected chi connectivity index (χ0v) is 12.7. The van der Waals surface area contributed by atoms with Gasteiger partial charge in [-0.2, -0.15) is 0 Å². The van der Waals surface area contributed by atoms with Gasteiger partial charge in [0.2, 0.25) is 0 Å². The van der Waals surface area contributed by atoms with E-state index in [0.717, 1.165) is 26.2 Å². The number of nitrogens with one attached hydrogen (secondary N) is 1. The molecule has 0 aromatic heterocycles. The standard InChI is InChI=1S/C15H29N3O/c1-4-17(12(2)3)15(19)18-11-5-6-14(18)13-7-9-16-10-8-13/h12-14,16H,4-11H2,1-3H3. The van der Waals surface area contributed by atoms with Gasteiger partial charge in [0.1, 0.15) is 0 Å². The van der Waals surface area contributed by atoms with E-state index in [2.05, 4.69) is 31.0 Å². The van der Waals surface area contributed by atoms with Crippen LogP contribution in [0.15, 0.2) is 0 Å². The Balaban J connectivity index is 2.02. The first-order chi connectivity index (χ1) is 9.15. The van der Waals surface area contributed by atoms with Crippen molar-refractivity contribution in [2.75, 3.05) is 26.2 Å². The van der Waals surface area contributed by atoms with E-state index in [0.29, 0.717) is 18.0 Å². The third-order valence-electron chi connectivity index (χ3n) is 4.68. The monoisotopic (exact) mass is 267 g/mol. The maximum atomic E-state index is 12.7. The number of hydrogen-bond donors (Lipinski definition) is 1. The number of carbonyl (C=O) groups is 1. The summed E-state index contributed by atoms with van der Waals surface area (Å²) in [5.74, 6) is 0.707. The molecule has 1 atom stereocenters. The number of urea groups is 1. The van der Waals surface area contributed by atoms with Gasteiger partial charge in [0.15, 0.2) is 0 Å². The Labute approximate surface area is 117 Å². The van der Waals surface area contributed by atoms with Gasteiger partial charge in [-0.25, -0.2) is 4.79 Å². The Morgan fingerprint density at radius 1 is 1.32 bits per heavy atom. The van der Waals surface area contributed by atoms with Crippen molar-refractivity contribution in [1.82, 2.24) is 15.1 Å². The van der Waals surface area contributed by atoms with Gasteiger partial charge >= 0.3 is 6.03 Å². The van der Waals surface area contributed by atoms with E-state index in [-0.39, 0.29) is 6.03 Å². The molecular formula is C15H29N3O. The second-order valence-corrected chi connectivity index (χ2v) is 6.15. The van der Waals surface area contributed by atoms with Crippen LogP contribution in [-0.2, 0) is 0 Å². The molecule has 2 fully saturated rings. The molecule has 0 radical (unpaired) electrons. The van der Waals surface area contributed by atoms with Gasteiger partial charge in [0.25, 0.3) is 0 Å². The summed E-state index contributed by atoms with van der Waals surface area (Å²) >= 11 is 0. The van der Waals surface area contributed by atoms with Crippen LogP contribution in [0.5, 0.6) is 0 Å². The summed E-state index contributed by atoms with van der Waals surface area (Å²) in [5, 5.41) is 3.42. The van der Waals surface area contributed by atoms with Crippen LogP contribution in [0.1, 0.15) is 46.5 Å². The van der Waals surface area contributed by atoms with Gasteiger partial charge < -0.3 is 15.1 Å². The minimum absolute atomic E-state index is 0.263. The van der Waals surface area contributed by atoms with Crippen LogP contribution in [0.4, 0.5) is 4.79 Å². The van der Waals surface area contributed by atoms with Crippen molar-refractivity contribution in [3.8, 4) is 0 Å². The first kappa shape index (κ1) is 14.6. The summed E-state index contributed by atoms with van der Waals surface area (Å²) in [5.41, 5.74) is 0. The first-order valence-corrected chi connectivity index (χ1v) is 7.93. The van der Waals surface area contributed by atoms with Crippen molar-refractivity contribution < 1.29 is 4.79 Å². The lowest BCUT2D eigenvalue weighted by atomic mass is 9.89. The highest BCUT2D eigenvalue weighted by atomic mass is 16.2. The first-order valence-electron chi connectivity index (χ1n) is 7.93. The van der Waals surface area contributed by atoms with Gasteiger partial charge in [-0.1, -0.05) is 0 Å². The predicted molar refractivity (Wildman–Crippen MR) is 78.2 cm³/mol. The predicted octanol–water partition coefficient (Wildman–Crippen LogP) is 2.30. The highest BCUT2D eigenvalue weighted by molar-refractivity contribution is 5.75. The molecule has 0 aromatic carbocycles. The van der Waals surface area contributed by atoms with Crippen LogP contribution < -0.4 is 5.32 Å². The molecule has 110 valence electrons. The molecule has 2 aliphatic heterocycles. The fraction of sp³-hybridized carbons (Fsp3) is 0.933. The zero-order chi connectivity index (χ0) is 13.8. The largest absolute Gasteiger partial charge is 0.323 e. The lowest BCUT2D eigenvalue weighted by Crippen LogP contribution is -2.51. The molecule has 0 bridgehead atoms. The molecule has 1 unspecified atom stereocenters. The average molecular weight is 267 g/mol. The van der Waals surface area contributed by atoms with Crippen molar-refractivity contribution in [3.63, 3.8) is 0 Å². The summed E-state index contributed by atoms with van der Waals surface area (Å²) in [6.45, 7) is 10.3. The Morgan fingerprint density at radius 2 is 2.00 bits per heavy atom. The SMILES string of the molecule is CCN(C(=O)N1CCCC1C1CCNCC1)C(C)C. The Bertz CT molecular complexity index is 300. The highest BCUT2D eigenvalue weighted by Crippen LogP contribution is 2.30. The van der Waals surface area contributed by atoms with Gasteiger partial charge in [-0.3, -0.25) is 0 Å². The van der Waals surface area contributed by atoms with E-state index in [1.165, 1.54) is 25.7 Å². The number of likely N-dealkylation sites (tertiary alicyclic amines) is 1. The number of hydrogen-bond acceptors (Lipinski definition) is 2. The minimum atomic E-state index is 0.263. The quantitative estimate of drug-likeness (QED) is 0.851. The van der Waals surface area contributed by atoms with Gasteiger partial charge in [-0.05, 0) is 65.5 Å². The van der Waals surface area contributed by atoms with E-state index in [9.17, 15) is 4.79 Å². The smallest absolute Gasteiger partial charge is 0.320 e. The molecule has 2 rings (SSSR count). The normalized spacial score (nSPS) is 25.1. The van der Waals surface area contributed by atoms with Crippen LogP contribution >= 0.6 is 0 Å². The van der Waals surface area contributed by atoms with Crippen molar-refractivity contribution in [2.45, 2.75) is 58.5 Å². The maximum Gasteiger partial charge on any atom is 0.320 e. The van der Waals surface area contributed by atoms with Gasteiger partial charge in [0, 0.05) is 25.2 Å². The fourth-order valence-corrected chi connectivity index (χ4v) is 3.64. The Morgan fingerprint density at radius 3 is 2.58 bits per heavy atom. The van der Waals surface area contributed by atoms with Crippen molar-refractivity contribution in [3.05, 3.63) is 0 Å². The van der Waals surface area contributed by atoms with E-state index in [1.807, 2.05) is 4.90 Å². The molecule has 2 heterocycles. The highest BCUT2D eigenvalue weighted by Gasteiger charge is 2.37. The van der Waals surface area contributed by atoms with Crippen LogP contribution in [0.2, 0.25) is 0 Å². The maximum absolute atomic E-state index is 12.7. The molecule has 4 heteroatoms. The number of piperidine rings is 1. The van der Waals surface area contributed by atoms with Crippen LogP contribution in [-0.4, -0.2) is 54.1 Å². The summed E-state index contributed by atoms with van der Waals surface area (Å²) in [7, 11) is 0. The number of carbonyl (C=O) groups excluding carboxylic acids is 1. The second-order valence-electron chi connectivity index (χ2n) is 6.15. The lowest BCUT2D eigenvalue weighted by Gasteiger charge is -2.38. The molecule has 0 aliphatic carbocycles. The van der Waals surface area contributed by atoms with Gasteiger partial charge in [0.05, 0.1) is 0 Å². The Hall–Kier alpha value is -0.770. The summed E-state index contributed by atoms with van der Waals surface area (Å²) in [6.07, 6.45) is 4.83. The van der Waals surface area contributed by atoms with Gasteiger partial charge in [-0.15, -0.1) is 0 Å². The third-order valence-corrected chi connectivity index (χ3v) is 4.68.